The van der Waals surface area contributed by atoms with E-state index in [1.807, 2.05) is 22.3 Å². The number of hydrogen-bond acceptors (Lipinski definition) is 5. The fourth-order valence-electron chi connectivity index (χ4n) is 6.95. The molecule has 0 atom stereocenters. The van der Waals surface area contributed by atoms with E-state index in [1.165, 1.54) is 10.4 Å². The zero-order valence-electron chi connectivity index (χ0n) is 20.0. The average Bonchev–Trinajstić information content (AvgIpc) is 3.53. The molecule has 2 fully saturated rings. The predicted molar refractivity (Wildman–Crippen MR) is 141 cm³/mol. The molecule has 0 radical (unpaired) electrons. The molecule has 7 rings (SSSR count). The lowest BCUT2D eigenvalue weighted by molar-refractivity contribution is 0.0602. The molecule has 5 heterocycles. The molecular formula is C27H29ClN4O3S. The number of piperidine rings is 1. The zero-order valence-corrected chi connectivity index (χ0v) is 21.6. The van der Waals surface area contributed by atoms with Crippen LogP contribution < -0.4 is 16.0 Å². The lowest BCUT2D eigenvalue weighted by Gasteiger charge is -2.45. The van der Waals surface area contributed by atoms with E-state index in [1.54, 1.807) is 6.07 Å². The van der Waals surface area contributed by atoms with Gasteiger partial charge in [-0.25, -0.2) is 4.79 Å². The molecule has 2 aromatic heterocycles. The number of benzene rings is 1. The van der Waals surface area contributed by atoms with Crippen LogP contribution in [0.25, 0.3) is 11.0 Å². The second kappa shape index (κ2) is 8.23. The van der Waals surface area contributed by atoms with Gasteiger partial charge in [0.1, 0.15) is 5.58 Å². The molecule has 3 N–H and O–H groups in total. The van der Waals surface area contributed by atoms with Gasteiger partial charge in [-0.2, -0.15) is 0 Å². The number of likely N-dealkylation sites (tertiary alicyclic amines) is 1. The third kappa shape index (κ3) is 3.34. The Balaban J connectivity index is 1.21. The summed E-state index contributed by atoms with van der Waals surface area (Å²) in [6.07, 6.45) is 7.72. The lowest BCUT2D eigenvalue weighted by atomic mass is 9.74. The van der Waals surface area contributed by atoms with E-state index in [4.69, 9.17) is 16.0 Å². The molecule has 1 aliphatic carbocycles. The molecule has 4 aliphatic rings. The number of nitrogens with zero attached hydrogens (tertiary/aromatic N) is 1. The summed E-state index contributed by atoms with van der Waals surface area (Å²) in [4.78, 5) is 29.5. The van der Waals surface area contributed by atoms with E-state index in [0.29, 0.717) is 35.1 Å². The predicted octanol–water partition coefficient (Wildman–Crippen LogP) is 5.72. The highest BCUT2D eigenvalue weighted by Crippen LogP contribution is 2.49. The summed E-state index contributed by atoms with van der Waals surface area (Å²) in [5.74, 6) is 0.249. The van der Waals surface area contributed by atoms with Gasteiger partial charge in [0.2, 0.25) is 0 Å². The molecule has 188 valence electrons. The van der Waals surface area contributed by atoms with Crippen LogP contribution >= 0.6 is 22.9 Å². The Hall–Kier alpha value is -2.55. The number of carbonyl (C=O) groups excluding carboxylic acids is 2. The van der Waals surface area contributed by atoms with E-state index >= 15 is 0 Å². The molecule has 7 nitrogen and oxygen atoms in total. The van der Waals surface area contributed by atoms with E-state index < -0.39 is 5.54 Å². The van der Waals surface area contributed by atoms with Crippen molar-refractivity contribution in [1.29, 1.82) is 0 Å². The second-order valence-corrected chi connectivity index (χ2v) is 12.1. The van der Waals surface area contributed by atoms with Crippen LogP contribution in [-0.4, -0.2) is 36.5 Å². The highest BCUT2D eigenvalue weighted by atomic mass is 35.5. The fraction of sp³-hybridized carbons (Fsp3) is 0.481. The highest BCUT2D eigenvalue weighted by molar-refractivity contribution is 7.10. The fourth-order valence-corrected chi connectivity index (χ4v) is 8.19. The van der Waals surface area contributed by atoms with Crippen LogP contribution in [0.2, 0.25) is 5.02 Å². The molecule has 1 saturated heterocycles. The molecule has 3 aromatic rings. The van der Waals surface area contributed by atoms with Gasteiger partial charge in [0.25, 0.3) is 5.91 Å². The van der Waals surface area contributed by atoms with E-state index in [2.05, 4.69) is 27.4 Å². The summed E-state index contributed by atoms with van der Waals surface area (Å²) >= 11 is 8.50. The maximum atomic E-state index is 13.6. The average molecular weight is 525 g/mol. The van der Waals surface area contributed by atoms with Crippen molar-refractivity contribution in [3.8, 4) is 0 Å². The minimum Gasteiger partial charge on any atom is -0.450 e. The SMILES string of the molecule is O=C1Nc2c(Cl)cc3cc(C(=O)N4CCC5(CC4)NCCc4sccc45)oc3c2C2(CCCCC2)N1. The van der Waals surface area contributed by atoms with Gasteiger partial charge in [-0.15, -0.1) is 11.3 Å². The normalized spacial score (nSPS) is 22.2. The second-order valence-electron chi connectivity index (χ2n) is 10.7. The first-order valence-corrected chi connectivity index (χ1v) is 14.2. The van der Waals surface area contributed by atoms with Crippen LogP contribution in [-0.2, 0) is 17.5 Å². The third-order valence-electron chi connectivity index (χ3n) is 8.73. The van der Waals surface area contributed by atoms with E-state index in [-0.39, 0.29) is 17.5 Å². The number of furan rings is 1. The quantitative estimate of drug-likeness (QED) is 0.380. The summed E-state index contributed by atoms with van der Waals surface area (Å²) in [5, 5.41) is 13.3. The molecule has 9 heteroatoms. The molecule has 3 aliphatic heterocycles. The first-order chi connectivity index (χ1) is 17.5. The Morgan fingerprint density at radius 1 is 1.08 bits per heavy atom. The number of rotatable bonds is 1. The highest BCUT2D eigenvalue weighted by Gasteiger charge is 2.45. The van der Waals surface area contributed by atoms with Gasteiger partial charge >= 0.3 is 6.03 Å². The minimum atomic E-state index is -0.514. The number of thiophene rings is 1. The van der Waals surface area contributed by atoms with Gasteiger partial charge in [0.15, 0.2) is 5.76 Å². The van der Waals surface area contributed by atoms with Crippen molar-refractivity contribution in [2.45, 2.75) is 62.4 Å². The van der Waals surface area contributed by atoms with Crippen LogP contribution in [0.3, 0.4) is 0 Å². The molecule has 1 aromatic carbocycles. The van der Waals surface area contributed by atoms with Crippen LogP contribution in [0.15, 0.2) is 28.0 Å². The van der Waals surface area contributed by atoms with E-state index in [9.17, 15) is 9.59 Å². The Bertz CT molecular complexity index is 1380. The minimum absolute atomic E-state index is 0.0257. The van der Waals surface area contributed by atoms with Gasteiger partial charge < -0.3 is 25.3 Å². The van der Waals surface area contributed by atoms with Crippen molar-refractivity contribution >= 4 is 51.5 Å². The van der Waals surface area contributed by atoms with Crippen LogP contribution in [0.5, 0.6) is 0 Å². The smallest absolute Gasteiger partial charge is 0.319 e. The van der Waals surface area contributed by atoms with Gasteiger partial charge in [-0.05, 0) is 61.2 Å². The number of halogens is 1. The monoisotopic (exact) mass is 524 g/mol. The Morgan fingerprint density at radius 2 is 1.89 bits per heavy atom. The molecule has 1 saturated carbocycles. The molecule has 2 spiro atoms. The summed E-state index contributed by atoms with van der Waals surface area (Å²) in [6, 6.07) is 5.63. The lowest BCUT2D eigenvalue weighted by Crippen LogP contribution is -2.54. The number of carbonyl (C=O) groups is 2. The maximum Gasteiger partial charge on any atom is 0.319 e. The number of amides is 3. The summed E-state index contributed by atoms with van der Waals surface area (Å²) in [6.45, 7) is 2.35. The Kier molecular flexibility index (Phi) is 5.17. The van der Waals surface area contributed by atoms with Crippen LogP contribution in [0.4, 0.5) is 10.5 Å². The number of urea groups is 1. The summed E-state index contributed by atoms with van der Waals surface area (Å²) < 4.78 is 6.32. The van der Waals surface area contributed by atoms with Gasteiger partial charge in [0, 0.05) is 41.0 Å². The van der Waals surface area contributed by atoms with E-state index in [0.717, 1.165) is 68.9 Å². The largest absolute Gasteiger partial charge is 0.450 e. The number of fused-ring (bicyclic) bond motifs is 6. The number of anilines is 1. The Morgan fingerprint density at radius 3 is 2.69 bits per heavy atom. The molecule has 0 unspecified atom stereocenters. The van der Waals surface area contributed by atoms with Crippen molar-refractivity contribution in [2.75, 3.05) is 25.0 Å². The zero-order chi connectivity index (χ0) is 24.5. The van der Waals surface area contributed by atoms with Crippen molar-refractivity contribution in [2.24, 2.45) is 0 Å². The van der Waals surface area contributed by atoms with Crippen molar-refractivity contribution in [3.63, 3.8) is 0 Å². The number of hydrogen-bond donors (Lipinski definition) is 3. The first kappa shape index (κ1) is 22.6. The van der Waals surface area contributed by atoms with Crippen molar-refractivity contribution in [1.82, 2.24) is 15.5 Å². The molecule has 36 heavy (non-hydrogen) atoms. The topological polar surface area (TPSA) is 86.6 Å². The molecule has 0 bridgehead atoms. The third-order valence-corrected chi connectivity index (χ3v) is 10.0. The summed E-state index contributed by atoms with van der Waals surface area (Å²) in [5.41, 5.74) is 3.03. The van der Waals surface area contributed by atoms with Gasteiger partial charge in [-0.1, -0.05) is 30.9 Å². The number of nitrogens with one attached hydrogen (secondary N) is 3. The van der Waals surface area contributed by atoms with Gasteiger partial charge in [0.05, 0.1) is 16.2 Å². The maximum absolute atomic E-state index is 13.6. The molecule has 3 amide bonds. The van der Waals surface area contributed by atoms with Crippen molar-refractivity contribution < 1.29 is 14.0 Å². The van der Waals surface area contributed by atoms with Crippen LogP contribution in [0.1, 0.15) is 71.5 Å². The molecular weight excluding hydrogens is 496 g/mol. The first-order valence-electron chi connectivity index (χ1n) is 12.9. The van der Waals surface area contributed by atoms with Crippen molar-refractivity contribution in [3.05, 3.63) is 50.4 Å². The van der Waals surface area contributed by atoms with Gasteiger partial charge in [-0.3, -0.25) is 4.79 Å². The van der Waals surface area contributed by atoms with Crippen LogP contribution in [0, 0.1) is 0 Å². The Labute approximate surface area is 218 Å². The summed E-state index contributed by atoms with van der Waals surface area (Å²) in [7, 11) is 0. The standard InChI is InChI=1S/C27H29ClN4O3S/c28-18-14-16-15-19(35-23(16)21-22(18)30-25(34)31-27(21)6-2-1-3-7-27)24(33)32-11-8-26(9-12-32)17-5-13-36-20(17)4-10-29-26/h5,13-15,29H,1-4,6-12H2,(H2,30,31,34).